The van der Waals surface area contributed by atoms with Gasteiger partial charge in [0.25, 0.3) is 0 Å². The maximum Gasteiger partial charge on any atom is 0.316 e. The number of ether oxygens (including phenoxy) is 1. The molecule has 2 N–H and O–H groups in total. The van der Waals surface area contributed by atoms with Crippen LogP contribution in [-0.4, -0.2) is 5.97 Å². The van der Waals surface area contributed by atoms with E-state index in [1.54, 1.807) is 6.07 Å². The molecule has 2 aliphatic rings. The van der Waals surface area contributed by atoms with Gasteiger partial charge in [-0.2, -0.15) is 5.26 Å². The fraction of sp³-hybridized carbons (Fsp3) is 0.158. The highest BCUT2D eigenvalue weighted by atomic mass is 79.9. The van der Waals surface area contributed by atoms with E-state index in [0.717, 1.165) is 15.6 Å². The van der Waals surface area contributed by atoms with Crippen LogP contribution in [0.15, 0.2) is 63.6 Å². The second-order valence-corrected chi connectivity index (χ2v) is 8.04. The topological polar surface area (TPSA) is 76.1 Å². The predicted octanol–water partition coefficient (Wildman–Crippen LogP) is 4.25. The molecule has 0 spiro atoms. The maximum atomic E-state index is 12.8. The number of esters is 1. The highest BCUT2D eigenvalue weighted by Gasteiger charge is 2.49. The van der Waals surface area contributed by atoms with Crippen molar-refractivity contribution in [1.29, 1.82) is 5.26 Å². The van der Waals surface area contributed by atoms with E-state index < -0.39 is 11.8 Å². The molecule has 0 amide bonds. The molecule has 0 radical (unpaired) electrons. The molecule has 4 rings (SSSR count). The van der Waals surface area contributed by atoms with E-state index in [9.17, 15) is 10.1 Å². The third-order valence-electron chi connectivity index (χ3n) is 4.55. The largest absolute Gasteiger partial charge is 0.426 e. The Kier molecular flexibility index (Phi) is 4.06. The van der Waals surface area contributed by atoms with Crippen LogP contribution in [0, 0.1) is 17.2 Å². The van der Waals surface area contributed by atoms with Gasteiger partial charge in [-0.05, 0) is 23.8 Å². The van der Waals surface area contributed by atoms with Crippen molar-refractivity contribution < 1.29 is 9.53 Å². The molecule has 0 saturated heterocycles. The Bertz CT molecular complexity index is 936. The first-order chi connectivity index (χ1) is 12.1. The minimum Gasteiger partial charge on any atom is -0.426 e. The number of carbonyl (C=O) groups is 1. The molecule has 2 aromatic rings. The highest BCUT2D eigenvalue weighted by Crippen LogP contribution is 2.56. The molecule has 2 aliphatic heterocycles. The normalized spacial score (nSPS) is 24.8. The first-order valence-corrected chi connectivity index (χ1v) is 9.40. The van der Waals surface area contributed by atoms with Gasteiger partial charge in [0.15, 0.2) is 0 Å². The number of hydrogen-bond donors (Lipinski definition) is 1. The number of carbonyl (C=O) groups excluding carboxylic acids is 1. The zero-order valence-electron chi connectivity index (χ0n) is 13.0. The van der Waals surface area contributed by atoms with Crippen molar-refractivity contribution in [2.24, 2.45) is 11.7 Å². The summed E-state index contributed by atoms with van der Waals surface area (Å²) in [6.07, 6.45) is 0. The van der Waals surface area contributed by atoms with E-state index >= 15 is 0 Å². The van der Waals surface area contributed by atoms with E-state index in [1.807, 2.05) is 42.5 Å². The number of hydrogen-bond acceptors (Lipinski definition) is 5. The summed E-state index contributed by atoms with van der Waals surface area (Å²) >= 11 is 4.83. The van der Waals surface area contributed by atoms with Crippen molar-refractivity contribution in [3.05, 3.63) is 74.7 Å². The summed E-state index contributed by atoms with van der Waals surface area (Å²) in [7, 11) is 0. The van der Waals surface area contributed by atoms with Gasteiger partial charge in [0.05, 0.1) is 27.8 Å². The average Bonchev–Trinajstić information content (AvgIpc) is 2.62. The van der Waals surface area contributed by atoms with Gasteiger partial charge in [-0.25, -0.2) is 0 Å². The van der Waals surface area contributed by atoms with Gasteiger partial charge in [-0.15, -0.1) is 0 Å². The quantitative estimate of drug-likeness (QED) is 0.559. The van der Waals surface area contributed by atoms with Crippen molar-refractivity contribution in [3.8, 4) is 11.8 Å². The van der Waals surface area contributed by atoms with Gasteiger partial charge in [-0.3, -0.25) is 4.79 Å². The second kappa shape index (κ2) is 6.25. The third-order valence-corrected chi connectivity index (χ3v) is 6.34. The lowest BCUT2D eigenvalue weighted by Crippen LogP contribution is -2.38. The molecular weight excluding hydrogens is 400 g/mol. The molecule has 0 saturated carbocycles. The van der Waals surface area contributed by atoms with Gasteiger partial charge in [0.1, 0.15) is 5.75 Å². The maximum absolute atomic E-state index is 12.8. The lowest BCUT2D eigenvalue weighted by atomic mass is 9.75. The first-order valence-electron chi connectivity index (χ1n) is 7.72. The second-order valence-electron chi connectivity index (χ2n) is 5.95. The Labute approximate surface area is 157 Å². The Morgan fingerprint density at radius 3 is 2.68 bits per heavy atom. The van der Waals surface area contributed by atoms with Crippen LogP contribution in [0.4, 0.5) is 0 Å². The van der Waals surface area contributed by atoms with Gasteiger partial charge < -0.3 is 10.5 Å². The van der Waals surface area contributed by atoms with Crippen LogP contribution in [0.2, 0.25) is 0 Å². The number of benzene rings is 2. The first kappa shape index (κ1) is 16.2. The highest BCUT2D eigenvalue weighted by molar-refractivity contribution is 9.10. The standard InChI is InChI=1S/C19H13BrN2O2S/c20-11-6-7-14-12(8-11)15-13(9-21)18(22)25-17(16(15)19(23)24-14)10-4-2-1-3-5-10/h1-8,15-17H,22H2/t15-,16+,17+/m0/s1. The summed E-state index contributed by atoms with van der Waals surface area (Å²) in [6.45, 7) is 0. The summed E-state index contributed by atoms with van der Waals surface area (Å²) in [5, 5.41) is 9.95. The summed E-state index contributed by atoms with van der Waals surface area (Å²) in [5.41, 5.74) is 8.48. The van der Waals surface area contributed by atoms with Gasteiger partial charge in [0.2, 0.25) is 0 Å². The molecule has 3 atom stereocenters. The summed E-state index contributed by atoms with van der Waals surface area (Å²) < 4.78 is 6.46. The third kappa shape index (κ3) is 2.64. The Balaban J connectivity index is 1.93. The molecule has 4 nitrogen and oxygen atoms in total. The minimum absolute atomic E-state index is 0.192. The number of thioether (sulfide) groups is 1. The Morgan fingerprint density at radius 1 is 1.20 bits per heavy atom. The summed E-state index contributed by atoms with van der Waals surface area (Å²) in [4.78, 5) is 12.8. The molecule has 124 valence electrons. The van der Waals surface area contributed by atoms with Crippen LogP contribution in [-0.2, 0) is 4.79 Å². The van der Waals surface area contributed by atoms with E-state index in [0.29, 0.717) is 16.4 Å². The molecule has 2 heterocycles. The van der Waals surface area contributed by atoms with Crippen molar-refractivity contribution in [2.45, 2.75) is 11.2 Å². The number of rotatable bonds is 1. The van der Waals surface area contributed by atoms with Crippen molar-refractivity contribution >= 4 is 33.7 Å². The lowest BCUT2D eigenvalue weighted by molar-refractivity contribution is -0.140. The van der Waals surface area contributed by atoms with Gasteiger partial charge >= 0.3 is 5.97 Å². The van der Waals surface area contributed by atoms with E-state index in [4.69, 9.17) is 10.5 Å². The van der Waals surface area contributed by atoms with Crippen molar-refractivity contribution in [2.75, 3.05) is 0 Å². The van der Waals surface area contributed by atoms with E-state index in [1.165, 1.54) is 11.8 Å². The SMILES string of the molecule is N#CC1=C(N)S[C@H](c2ccccc2)[C@@H]2C(=O)Oc3ccc(Br)cc3[C@@H]12. The van der Waals surface area contributed by atoms with Crippen molar-refractivity contribution in [3.63, 3.8) is 0 Å². The van der Waals surface area contributed by atoms with Crippen LogP contribution >= 0.6 is 27.7 Å². The Hall–Kier alpha value is -2.23. The Morgan fingerprint density at radius 2 is 1.96 bits per heavy atom. The van der Waals surface area contributed by atoms with Crippen LogP contribution in [0.25, 0.3) is 0 Å². The number of nitrogens with zero attached hydrogens (tertiary/aromatic N) is 1. The molecular formula is C19H13BrN2O2S. The number of halogens is 1. The molecule has 0 aromatic heterocycles. The number of fused-ring (bicyclic) bond motifs is 3. The molecule has 0 bridgehead atoms. The van der Waals surface area contributed by atoms with Crippen LogP contribution in [0.5, 0.6) is 5.75 Å². The predicted molar refractivity (Wildman–Crippen MR) is 99.6 cm³/mol. The van der Waals surface area contributed by atoms with Crippen LogP contribution in [0.3, 0.4) is 0 Å². The fourth-order valence-corrected chi connectivity index (χ4v) is 5.12. The molecule has 0 aliphatic carbocycles. The van der Waals surface area contributed by atoms with Crippen LogP contribution in [0.1, 0.15) is 22.3 Å². The van der Waals surface area contributed by atoms with Gasteiger partial charge in [0, 0.05) is 16.0 Å². The van der Waals surface area contributed by atoms with Gasteiger partial charge in [-0.1, -0.05) is 58.0 Å². The lowest BCUT2D eigenvalue weighted by Gasteiger charge is -2.39. The van der Waals surface area contributed by atoms with E-state index in [-0.39, 0.29) is 11.2 Å². The van der Waals surface area contributed by atoms with E-state index in [2.05, 4.69) is 22.0 Å². The average molecular weight is 413 g/mol. The molecule has 25 heavy (non-hydrogen) atoms. The zero-order valence-corrected chi connectivity index (χ0v) is 15.4. The minimum atomic E-state index is -0.490. The molecule has 6 heteroatoms. The molecule has 2 aromatic carbocycles. The summed E-state index contributed by atoms with van der Waals surface area (Å²) in [6, 6.07) is 17.4. The molecule has 0 unspecified atom stereocenters. The van der Waals surface area contributed by atoms with Crippen LogP contribution < -0.4 is 10.5 Å². The fourth-order valence-electron chi connectivity index (χ4n) is 3.46. The number of allylic oxidation sites excluding steroid dienone is 1. The smallest absolute Gasteiger partial charge is 0.316 e. The number of nitriles is 1. The monoisotopic (exact) mass is 412 g/mol. The van der Waals surface area contributed by atoms with Crippen molar-refractivity contribution in [1.82, 2.24) is 0 Å². The number of nitrogens with two attached hydrogens (primary N) is 1. The summed E-state index contributed by atoms with van der Waals surface area (Å²) in [5.74, 6) is -0.712. The molecule has 0 fully saturated rings. The zero-order chi connectivity index (χ0) is 17.6.